The number of benzene rings is 2. The van der Waals surface area contributed by atoms with Crippen molar-refractivity contribution < 1.29 is 4.79 Å². The first kappa shape index (κ1) is 23.4. The zero-order chi connectivity index (χ0) is 24.1. The topological polar surface area (TPSA) is 121 Å². The molecule has 0 spiro atoms. The number of rotatable bonds is 9. The van der Waals surface area contributed by atoms with Gasteiger partial charge in [0.2, 0.25) is 23.8 Å². The number of primary amides is 1. The van der Waals surface area contributed by atoms with Gasteiger partial charge in [-0.2, -0.15) is 15.0 Å². The molecular weight excluding hydrogens is 428 g/mol. The van der Waals surface area contributed by atoms with Gasteiger partial charge in [-0.3, -0.25) is 4.79 Å². The van der Waals surface area contributed by atoms with Crippen LogP contribution in [-0.2, 0) is 0 Å². The summed E-state index contributed by atoms with van der Waals surface area (Å²) in [5.41, 5.74) is 8.83. The zero-order valence-corrected chi connectivity index (χ0v) is 19.9. The maximum Gasteiger partial charge on any atom is 0.248 e. The Labute approximate surface area is 200 Å². The monoisotopic (exact) mass is 460 g/mol. The van der Waals surface area contributed by atoms with Crippen LogP contribution in [0.25, 0.3) is 0 Å². The average Bonchev–Trinajstić information content (AvgIpc) is 3.33. The molecule has 2 unspecified atom stereocenters. The molecule has 3 aromatic rings. The van der Waals surface area contributed by atoms with Gasteiger partial charge in [-0.1, -0.05) is 43.3 Å². The summed E-state index contributed by atoms with van der Waals surface area (Å²) in [4.78, 5) is 27.7. The fourth-order valence-electron chi connectivity index (χ4n) is 4.03. The summed E-state index contributed by atoms with van der Waals surface area (Å²) < 4.78 is 0. The van der Waals surface area contributed by atoms with E-state index in [1.807, 2.05) is 31.0 Å². The molecule has 5 N–H and O–H groups in total. The Kier molecular flexibility index (Phi) is 7.22. The van der Waals surface area contributed by atoms with Crippen molar-refractivity contribution in [3.05, 3.63) is 65.2 Å². The maximum atomic E-state index is 11.7. The number of amides is 1. The minimum Gasteiger partial charge on any atom is -0.366 e. The van der Waals surface area contributed by atoms with Crippen LogP contribution in [-0.4, -0.2) is 53.6 Å². The summed E-state index contributed by atoms with van der Waals surface area (Å²) in [7, 11) is 1.98. The molecule has 0 bridgehead atoms. The van der Waals surface area contributed by atoms with Crippen molar-refractivity contribution >= 4 is 29.4 Å². The van der Waals surface area contributed by atoms with E-state index in [-0.39, 0.29) is 6.04 Å². The van der Waals surface area contributed by atoms with Gasteiger partial charge in [0.15, 0.2) is 0 Å². The normalized spacial score (nSPS) is 16.1. The summed E-state index contributed by atoms with van der Waals surface area (Å²) >= 11 is 0. The van der Waals surface area contributed by atoms with Gasteiger partial charge in [0.25, 0.3) is 0 Å². The molecule has 0 aliphatic carbocycles. The smallest absolute Gasteiger partial charge is 0.248 e. The fourth-order valence-corrected chi connectivity index (χ4v) is 4.03. The predicted molar refractivity (Wildman–Crippen MR) is 136 cm³/mol. The second kappa shape index (κ2) is 10.5. The number of nitrogens with one attached hydrogen (secondary N) is 3. The number of likely N-dealkylation sites (N-methyl/N-ethyl adjacent to an activating group) is 1. The summed E-state index contributed by atoms with van der Waals surface area (Å²) in [5, 5.41) is 10.0. The molecule has 0 saturated carbocycles. The molecule has 1 fully saturated rings. The number of aryl methyl sites for hydroxylation is 1. The number of aromatic nitrogens is 3. The van der Waals surface area contributed by atoms with Gasteiger partial charge in [-0.25, -0.2) is 0 Å². The first-order valence-electron chi connectivity index (χ1n) is 11.6. The van der Waals surface area contributed by atoms with E-state index in [1.165, 1.54) is 5.56 Å². The molecular formula is C25H32N8O. The van der Waals surface area contributed by atoms with Crippen molar-refractivity contribution in [3.63, 3.8) is 0 Å². The molecule has 2 aromatic carbocycles. The summed E-state index contributed by atoms with van der Waals surface area (Å²) in [6.07, 6.45) is 1.00. The molecule has 9 heteroatoms. The van der Waals surface area contributed by atoms with Crippen molar-refractivity contribution in [1.82, 2.24) is 20.3 Å². The van der Waals surface area contributed by atoms with E-state index in [9.17, 15) is 4.79 Å². The van der Waals surface area contributed by atoms with Crippen molar-refractivity contribution in [2.24, 2.45) is 5.73 Å². The number of nitrogens with two attached hydrogens (primary N) is 1. The molecule has 4 rings (SSSR count). The Morgan fingerprint density at radius 2 is 1.94 bits per heavy atom. The lowest BCUT2D eigenvalue weighted by atomic mass is 10.0. The number of hydrogen-bond acceptors (Lipinski definition) is 8. The zero-order valence-electron chi connectivity index (χ0n) is 19.9. The van der Waals surface area contributed by atoms with Gasteiger partial charge in [0, 0.05) is 37.4 Å². The van der Waals surface area contributed by atoms with Crippen LogP contribution < -0.4 is 26.6 Å². The molecule has 34 heavy (non-hydrogen) atoms. The van der Waals surface area contributed by atoms with E-state index in [2.05, 4.69) is 57.1 Å². The van der Waals surface area contributed by atoms with Gasteiger partial charge in [0.05, 0.1) is 0 Å². The van der Waals surface area contributed by atoms with Crippen LogP contribution in [0, 0.1) is 6.92 Å². The van der Waals surface area contributed by atoms with Crippen LogP contribution in [0.4, 0.5) is 23.5 Å². The Morgan fingerprint density at radius 3 is 2.65 bits per heavy atom. The van der Waals surface area contributed by atoms with Crippen LogP contribution in [0.3, 0.4) is 0 Å². The second-order valence-electron chi connectivity index (χ2n) is 8.83. The minimum atomic E-state index is -0.481. The Hall–Kier alpha value is -3.72. The van der Waals surface area contributed by atoms with Crippen LogP contribution in [0.2, 0.25) is 0 Å². The molecule has 0 radical (unpaired) electrons. The second-order valence-corrected chi connectivity index (χ2v) is 8.83. The third-order valence-electron chi connectivity index (χ3n) is 6.04. The van der Waals surface area contributed by atoms with E-state index in [0.29, 0.717) is 29.3 Å². The molecule has 2 heterocycles. The summed E-state index contributed by atoms with van der Waals surface area (Å²) in [6, 6.07) is 15.9. The quantitative estimate of drug-likeness (QED) is 0.384. The number of carbonyl (C=O) groups excluding carboxylic acids is 1. The van der Waals surface area contributed by atoms with Gasteiger partial charge in [-0.05, 0) is 49.1 Å². The van der Waals surface area contributed by atoms with E-state index in [4.69, 9.17) is 10.7 Å². The predicted octanol–water partition coefficient (Wildman–Crippen LogP) is 3.04. The van der Waals surface area contributed by atoms with Crippen LogP contribution in [0.1, 0.15) is 40.7 Å². The molecule has 2 atom stereocenters. The van der Waals surface area contributed by atoms with Crippen molar-refractivity contribution in [2.45, 2.75) is 32.2 Å². The molecule has 9 nitrogen and oxygen atoms in total. The van der Waals surface area contributed by atoms with Crippen LogP contribution in [0.15, 0.2) is 48.5 Å². The van der Waals surface area contributed by atoms with Gasteiger partial charge < -0.3 is 26.6 Å². The number of carbonyl (C=O) groups is 1. The van der Waals surface area contributed by atoms with Gasteiger partial charge in [0.1, 0.15) is 0 Å². The van der Waals surface area contributed by atoms with E-state index in [0.717, 1.165) is 37.3 Å². The molecule has 1 aromatic heterocycles. The molecule has 1 aliphatic heterocycles. The molecule has 1 aliphatic rings. The lowest BCUT2D eigenvalue weighted by molar-refractivity contribution is 0.100. The highest BCUT2D eigenvalue weighted by Gasteiger charge is 2.19. The van der Waals surface area contributed by atoms with Gasteiger partial charge in [-0.15, -0.1) is 0 Å². The van der Waals surface area contributed by atoms with E-state index >= 15 is 0 Å². The SMILES string of the molecule is Cc1ccc(C(N)=O)cc1Nc1nc(NC2CCNC2)nc(N(C)CC(C)c2ccccc2)n1. The van der Waals surface area contributed by atoms with E-state index < -0.39 is 5.91 Å². The lowest BCUT2D eigenvalue weighted by Crippen LogP contribution is -2.27. The highest BCUT2D eigenvalue weighted by molar-refractivity contribution is 5.94. The molecule has 178 valence electrons. The summed E-state index contributed by atoms with van der Waals surface area (Å²) in [6.45, 7) is 6.72. The van der Waals surface area contributed by atoms with Crippen LogP contribution >= 0.6 is 0 Å². The molecule has 1 amide bonds. The average molecular weight is 461 g/mol. The highest BCUT2D eigenvalue weighted by atomic mass is 16.1. The first-order chi connectivity index (χ1) is 16.4. The van der Waals surface area contributed by atoms with Crippen molar-refractivity contribution in [1.29, 1.82) is 0 Å². The maximum absolute atomic E-state index is 11.7. The first-order valence-corrected chi connectivity index (χ1v) is 11.6. The third-order valence-corrected chi connectivity index (χ3v) is 6.04. The van der Waals surface area contributed by atoms with Crippen LogP contribution in [0.5, 0.6) is 0 Å². The van der Waals surface area contributed by atoms with E-state index in [1.54, 1.807) is 12.1 Å². The van der Waals surface area contributed by atoms with Gasteiger partial charge >= 0.3 is 0 Å². The van der Waals surface area contributed by atoms with Crippen molar-refractivity contribution in [3.8, 4) is 0 Å². The molecule has 1 saturated heterocycles. The number of anilines is 4. The number of hydrogen-bond donors (Lipinski definition) is 4. The van der Waals surface area contributed by atoms with Crippen molar-refractivity contribution in [2.75, 3.05) is 42.2 Å². The minimum absolute atomic E-state index is 0.261. The fraction of sp³-hybridized carbons (Fsp3) is 0.360. The highest BCUT2D eigenvalue weighted by Crippen LogP contribution is 2.24. The Balaban J connectivity index is 1.61. The third kappa shape index (κ3) is 5.79. The summed E-state index contributed by atoms with van der Waals surface area (Å²) in [5.74, 6) is 1.30. The largest absolute Gasteiger partial charge is 0.366 e. The number of nitrogens with zero attached hydrogens (tertiary/aromatic N) is 4. The standard InChI is InChI=1S/C25H32N8O/c1-16-9-10-19(22(26)34)13-21(16)29-24-30-23(28-20-11-12-27-14-20)31-25(32-24)33(3)15-17(2)18-7-5-4-6-8-18/h4-10,13,17,20,27H,11-12,14-15H2,1-3H3,(H2,26,34)(H2,28,29,30,31,32). The Morgan fingerprint density at radius 1 is 1.18 bits per heavy atom. The Bertz CT molecular complexity index is 1130. The lowest BCUT2D eigenvalue weighted by Gasteiger charge is -2.23.